The lowest BCUT2D eigenvalue weighted by Gasteiger charge is -2.17. The molecule has 0 bridgehead atoms. The number of hydrogen-bond donors (Lipinski definition) is 1. The zero-order chi connectivity index (χ0) is 15.1. The first-order chi connectivity index (χ1) is 10.2. The fraction of sp³-hybridized carbons (Fsp3) is 0.375. The van der Waals surface area contributed by atoms with Gasteiger partial charge in [-0.2, -0.15) is 0 Å². The second-order valence-electron chi connectivity index (χ2n) is 4.77. The smallest absolute Gasteiger partial charge is 0.234 e. The lowest BCUT2D eigenvalue weighted by Crippen LogP contribution is -2.36. The molecule has 112 valence electrons. The SMILES string of the molecule is CCNC(=O)CN(CC)Cc1coc(-c2ccccc2)n1. The standard InChI is InChI=1S/C16H21N3O2/c1-3-17-15(20)11-19(4-2)10-14-12-21-16(18-14)13-8-6-5-7-9-13/h5-9,12H,3-4,10-11H2,1-2H3,(H,17,20). The molecule has 0 unspecified atom stereocenters. The normalized spacial score (nSPS) is 10.8. The summed E-state index contributed by atoms with van der Waals surface area (Å²) < 4.78 is 5.51. The summed E-state index contributed by atoms with van der Waals surface area (Å²) in [5, 5.41) is 2.80. The first kappa shape index (κ1) is 15.3. The number of nitrogens with one attached hydrogen (secondary N) is 1. The van der Waals surface area contributed by atoms with Crippen molar-refractivity contribution in [2.45, 2.75) is 20.4 Å². The Morgan fingerprint density at radius 1 is 1.29 bits per heavy atom. The van der Waals surface area contributed by atoms with Crippen molar-refractivity contribution >= 4 is 5.91 Å². The molecule has 2 aromatic rings. The number of carbonyl (C=O) groups excluding carboxylic acids is 1. The lowest BCUT2D eigenvalue weighted by molar-refractivity contribution is -0.122. The maximum Gasteiger partial charge on any atom is 0.234 e. The van der Waals surface area contributed by atoms with E-state index in [4.69, 9.17) is 4.42 Å². The summed E-state index contributed by atoms with van der Waals surface area (Å²) in [7, 11) is 0. The third-order valence-electron chi connectivity index (χ3n) is 3.15. The van der Waals surface area contributed by atoms with Gasteiger partial charge in [-0.25, -0.2) is 4.98 Å². The fourth-order valence-electron chi connectivity index (χ4n) is 2.06. The van der Waals surface area contributed by atoms with E-state index in [9.17, 15) is 4.79 Å². The van der Waals surface area contributed by atoms with E-state index >= 15 is 0 Å². The Morgan fingerprint density at radius 3 is 2.71 bits per heavy atom. The fourth-order valence-corrected chi connectivity index (χ4v) is 2.06. The van der Waals surface area contributed by atoms with Crippen molar-refractivity contribution < 1.29 is 9.21 Å². The van der Waals surface area contributed by atoms with E-state index in [1.54, 1.807) is 6.26 Å². The quantitative estimate of drug-likeness (QED) is 0.849. The molecular formula is C16H21N3O2. The van der Waals surface area contributed by atoms with E-state index < -0.39 is 0 Å². The molecule has 0 aliphatic rings. The highest BCUT2D eigenvalue weighted by Crippen LogP contribution is 2.18. The second-order valence-corrected chi connectivity index (χ2v) is 4.77. The number of carbonyl (C=O) groups is 1. The molecule has 0 radical (unpaired) electrons. The zero-order valence-corrected chi connectivity index (χ0v) is 12.5. The molecule has 1 N–H and O–H groups in total. The molecule has 0 saturated heterocycles. The molecule has 0 aliphatic carbocycles. The Hall–Kier alpha value is -2.14. The van der Waals surface area contributed by atoms with Crippen LogP contribution in [0.4, 0.5) is 0 Å². The number of oxazole rings is 1. The van der Waals surface area contributed by atoms with Crippen LogP contribution in [0.3, 0.4) is 0 Å². The largest absolute Gasteiger partial charge is 0.444 e. The minimum Gasteiger partial charge on any atom is -0.444 e. The van der Waals surface area contributed by atoms with Crippen molar-refractivity contribution in [1.29, 1.82) is 0 Å². The van der Waals surface area contributed by atoms with Crippen molar-refractivity contribution in [3.05, 3.63) is 42.3 Å². The summed E-state index contributed by atoms with van der Waals surface area (Å²) in [5.41, 5.74) is 1.79. The molecule has 0 atom stereocenters. The molecule has 1 aromatic carbocycles. The van der Waals surface area contributed by atoms with Crippen LogP contribution in [-0.4, -0.2) is 35.4 Å². The summed E-state index contributed by atoms with van der Waals surface area (Å²) in [4.78, 5) is 18.1. The summed E-state index contributed by atoms with van der Waals surface area (Å²) in [6, 6.07) is 9.78. The van der Waals surface area contributed by atoms with Crippen LogP contribution in [0, 0.1) is 0 Å². The van der Waals surface area contributed by atoms with Crippen LogP contribution in [-0.2, 0) is 11.3 Å². The molecule has 0 fully saturated rings. The van der Waals surface area contributed by atoms with Crippen LogP contribution in [0.5, 0.6) is 0 Å². The first-order valence-corrected chi connectivity index (χ1v) is 7.21. The molecule has 0 saturated carbocycles. The van der Waals surface area contributed by atoms with Gasteiger partial charge in [-0.1, -0.05) is 25.1 Å². The molecular weight excluding hydrogens is 266 g/mol. The van der Waals surface area contributed by atoms with E-state index in [-0.39, 0.29) is 5.91 Å². The van der Waals surface area contributed by atoms with E-state index in [2.05, 4.69) is 10.3 Å². The van der Waals surface area contributed by atoms with Gasteiger partial charge >= 0.3 is 0 Å². The topological polar surface area (TPSA) is 58.4 Å². The number of amides is 1. The third-order valence-corrected chi connectivity index (χ3v) is 3.15. The molecule has 5 nitrogen and oxygen atoms in total. The molecule has 1 amide bonds. The van der Waals surface area contributed by atoms with Gasteiger partial charge in [0.1, 0.15) is 6.26 Å². The number of hydrogen-bond acceptors (Lipinski definition) is 4. The van der Waals surface area contributed by atoms with Crippen molar-refractivity contribution in [3.63, 3.8) is 0 Å². The summed E-state index contributed by atoms with van der Waals surface area (Å²) in [6.45, 7) is 6.35. The predicted molar refractivity (Wildman–Crippen MR) is 81.6 cm³/mol. The Kier molecular flexibility index (Phi) is 5.51. The number of nitrogens with zero attached hydrogens (tertiary/aromatic N) is 2. The van der Waals surface area contributed by atoms with E-state index in [0.29, 0.717) is 25.5 Å². The molecule has 0 aliphatic heterocycles. The predicted octanol–water partition coefficient (Wildman–Crippen LogP) is 2.30. The first-order valence-electron chi connectivity index (χ1n) is 7.21. The van der Waals surface area contributed by atoms with E-state index in [1.165, 1.54) is 0 Å². The van der Waals surface area contributed by atoms with Crippen LogP contribution in [0.1, 0.15) is 19.5 Å². The van der Waals surface area contributed by atoms with Crippen molar-refractivity contribution in [1.82, 2.24) is 15.2 Å². The highest BCUT2D eigenvalue weighted by Gasteiger charge is 2.12. The molecule has 1 aromatic heterocycles. The average Bonchev–Trinajstić information content (AvgIpc) is 2.96. The van der Waals surface area contributed by atoms with Gasteiger partial charge in [0.05, 0.1) is 12.2 Å². The van der Waals surface area contributed by atoms with Gasteiger partial charge in [-0.15, -0.1) is 0 Å². The average molecular weight is 287 g/mol. The molecule has 21 heavy (non-hydrogen) atoms. The Balaban J connectivity index is 1.99. The maximum atomic E-state index is 11.6. The summed E-state index contributed by atoms with van der Waals surface area (Å²) in [5.74, 6) is 0.644. The monoisotopic (exact) mass is 287 g/mol. The number of likely N-dealkylation sites (N-methyl/N-ethyl adjacent to an activating group) is 2. The maximum absolute atomic E-state index is 11.6. The molecule has 5 heteroatoms. The number of aromatic nitrogens is 1. The molecule has 2 rings (SSSR count). The van der Waals surface area contributed by atoms with E-state index in [0.717, 1.165) is 17.8 Å². The summed E-state index contributed by atoms with van der Waals surface area (Å²) in [6.07, 6.45) is 1.66. The minimum absolute atomic E-state index is 0.0335. The molecule has 1 heterocycles. The van der Waals surface area contributed by atoms with Crippen LogP contribution in [0.25, 0.3) is 11.5 Å². The highest BCUT2D eigenvalue weighted by atomic mass is 16.3. The van der Waals surface area contributed by atoms with Gasteiger partial charge in [0.2, 0.25) is 11.8 Å². The van der Waals surface area contributed by atoms with Crippen molar-refractivity contribution in [3.8, 4) is 11.5 Å². The van der Waals surface area contributed by atoms with Gasteiger partial charge in [0, 0.05) is 18.7 Å². The van der Waals surface area contributed by atoms with E-state index in [1.807, 2.05) is 49.1 Å². The van der Waals surface area contributed by atoms with Crippen LogP contribution < -0.4 is 5.32 Å². The lowest BCUT2D eigenvalue weighted by atomic mass is 10.2. The van der Waals surface area contributed by atoms with Crippen molar-refractivity contribution in [2.75, 3.05) is 19.6 Å². The minimum atomic E-state index is 0.0335. The Bertz CT molecular complexity index is 566. The van der Waals surface area contributed by atoms with Crippen LogP contribution in [0.2, 0.25) is 0 Å². The number of rotatable bonds is 7. The third kappa shape index (κ3) is 4.43. The number of benzene rings is 1. The Morgan fingerprint density at radius 2 is 2.05 bits per heavy atom. The van der Waals surface area contributed by atoms with Gasteiger partial charge in [-0.3, -0.25) is 9.69 Å². The van der Waals surface area contributed by atoms with Gasteiger partial charge in [0.25, 0.3) is 0 Å². The second kappa shape index (κ2) is 7.59. The summed E-state index contributed by atoms with van der Waals surface area (Å²) >= 11 is 0. The van der Waals surface area contributed by atoms with Gasteiger partial charge < -0.3 is 9.73 Å². The van der Waals surface area contributed by atoms with Gasteiger partial charge in [-0.05, 0) is 25.6 Å². The molecule has 0 spiro atoms. The van der Waals surface area contributed by atoms with Gasteiger partial charge in [0.15, 0.2) is 0 Å². The zero-order valence-electron chi connectivity index (χ0n) is 12.5. The van der Waals surface area contributed by atoms with Crippen molar-refractivity contribution in [2.24, 2.45) is 0 Å². The Labute approximate surface area is 125 Å². The van der Waals surface area contributed by atoms with Crippen LogP contribution >= 0.6 is 0 Å². The van der Waals surface area contributed by atoms with Crippen LogP contribution in [0.15, 0.2) is 41.0 Å². The highest BCUT2D eigenvalue weighted by molar-refractivity contribution is 5.77.